The first-order valence-electron chi connectivity index (χ1n) is 6.37. The number of carbonyl (C=O) groups excluding carboxylic acids is 1. The molecule has 0 atom stereocenters. The summed E-state index contributed by atoms with van der Waals surface area (Å²) in [6.45, 7) is 1.97. The molecular formula is C17H13NO2. The first-order chi connectivity index (χ1) is 9.72. The standard InChI is InChI=1S/C17H13NO2/c1-12-6-8-14(9-7-12)17(19)20-16-11-10-13-4-2-3-5-15(13)18-16/h2-11H,1H3. The van der Waals surface area contributed by atoms with Crippen LogP contribution in [0.4, 0.5) is 0 Å². The molecule has 0 N–H and O–H groups in total. The molecule has 20 heavy (non-hydrogen) atoms. The summed E-state index contributed by atoms with van der Waals surface area (Å²) in [5.74, 6) is -0.0814. The highest BCUT2D eigenvalue weighted by molar-refractivity contribution is 5.91. The molecule has 3 rings (SSSR count). The van der Waals surface area contributed by atoms with E-state index in [1.165, 1.54) is 0 Å². The molecule has 0 amide bonds. The first-order valence-corrected chi connectivity index (χ1v) is 6.37. The van der Waals surface area contributed by atoms with Gasteiger partial charge in [0, 0.05) is 11.5 Å². The molecule has 0 bridgehead atoms. The molecule has 0 aliphatic rings. The second-order valence-corrected chi connectivity index (χ2v) is 4.60. The lowest BCUT2D eigenvalue weighted by Gasteiger charge is -2.05. The summed E-state index contributed by atoms with van der Waals surface area (Å²) in [7, 11) is 0. The number of hydrogen-bond acceptors (Lipinski definition) is 3. The molecule has 3 heteroatoms. The molecule has 0 radical (unpaired) electrons. The lowest BCUT2D eigenvalue weighted by Crippen LogP contribution is -2.09. The molecule has 0 fully saturated rings. The molecule has 0 unspecified atom stereocenters. The van der Waals surface area contributed by atoms with Gasteiger partial charge in [0.1, 0.15) is 0 Å². The van der Waals surface area contributed by atoms with Crippen molar-refractivity contribution < 1.29 is 9.53 Å². The van der Waals surface area contributed by atoms with E-state index in [1.54, 1.807) is 18.2 Å². The van der Waals surface area contributed by atoms with Gasteiger partial charge in [0.05, 0.1) is 11.1 Å². The minimum atomic E-state index is -0.396. The zero-order valence-electron chi connectivity index (χ0n) is 11.0. The summed E-state index contributed by atoms with van der Waals surface area (Å²) in [4.78, 5) is 16.3. The SMILES string of the molecule is Cc1ccc(C(=O)Oc2ccc3ccccc3n2)cc1. The number of esters is 1. The van der Waals surface area contributed by atoms with Gasteiger partial charge >= 0.3 is 5.97 Å². The number of aromatic nitrogens is 1. The number of nitrogens with zero attached hydrogens (tertiary/aromatic N) is 1. The molecule has 0 spiro atoms. The molecule has 1 aromatic heterocycles. The number of fused-ring (bicyclic) bond motifs is 1. The first kappa shape index (κ1) is 12.4. The van der Waals surface area contributed by atoms with E-state index in [1.807, 2.05) is 49.4 Å². The number of para-hydroxylation sites is 1. The summed E-state index contributed by atoms with van der Waals surface area (Å²) >= 11 is 0. The van der Waals surface area contributed by atoms with Crippen LogP contribution in [0.5, 0.6) is 5.88 Å². The molecule has 1 heterocycles. The lowest BCUT2D eigenvalue weighted by atomic mass is 10.1. The van der Waals surface area contributed by atoms with Crippen molar-refractivity contribution in [2.75, 3.05) is 0 Å². The molecule has 0 saturated carbocycles. The van der Waals surface area contributed by atoms with Crippen LogP contribution in [-0.2, 0) is 0 Å². The number of ether oxygens (including phenoxy) is 1. The predicted octanol–water partition coefficient (Wildman–Crippen LogP) is 3.76. The van der Waals surface area contributed by atoms with Crippen LogP contribution in [0.3, 0.4) is 0 Å². The van der Waals surface area contributed by atoms with Crippen LogP contribution in [-0.4, -0.2) is 11.0 Å². The highest BCUT2D eigenvalue weighted by atomic mass is 16.5. The Morgan fingerprint density at radius 2 is 1.70 bits per heavy atom. The van der Waals surface area contributed by atoms with E-state index in [4.69, 9.17) is 4.74 Å². The zero-order chi connectivity index (χ0) is 13.9. The maximum absolute atomic E-state index is 12.0. The Hall–Kier alpha value is -2.68. The lowest BCUT2D eigenvalue weighted by molar-refractivity contribution is 0.0728. The summed E-state index contributed by atoms with van der Waals surface area (Å²) in [5.41, 5.74) is 2.43. The van der Waals surface area contributed by atoms with Crippen molar-refractivity contribution in [2.45, 2.75) is 6.92 Å². The van der Waals surface area contributed by atoms with Crippen molar-refractivity contribution >= 4 is 16.9 Å². The van der Waals surface area contributed by atoms with Gasteiger partial charge < -0.3 is 4.74 Å². The van der Waals surface area contributed by atoms with Crippen molar-refractivity contribution in [1.29, 1.82) is 0 Å². The Balaban J connectivity index is 1.85. The van der Waals surface area contributed by atoms with Crippen LogP contribution < -0.4 is 4.74 Å². The third-order valence-electron chi connectivity index (χ3n) is 3.06. The number of carbonyl (C=O) groups is 1. The average molecular weight is 263 g/mol. The van der Waals surface area contributed by atoms with Gasteiger partial charge in [-0.3, -0.25) is 0 Å². The number of pyridine rings is 1. The Kier molecular flexibility index (Phi) is 3.17. The molecule has 3 nitrogen and oxygen atoms in total. The van der Waals surface area contributed by atoms with E-state index in [9.17, 15) is 4.79 Å². The predicted molar refractivity (Wildman–Crippen MR) is 77.9 cm³/mol. The summed E-state index contributed by atoms with van der Waals surface area (Å²) in [6, 6.07) is 18.6. The second kappa shape index (κ2) is 5.13. The average Bonchev–Trinajstić information content (AvgIpc) is 2.48. The zero-order valence-corrected chi connectivity index (χ0v) is 11.0. The van der Waals surface area contributed by atoms with Crippen molar-refractivity contribution in [3.8, 4) is 5.88 Å². The van der Waals surface area contributed by atoms with Gasteiger partial charge in [0.25, 0.3) is 0 Å². The van der Waals surface area contributed by atoms with E-state index in [-0.39, 0.29) is 0 Å². The molecule has 0 aliphatic heterocycles. The topological polar surface area (TPSA) is 39.2 Å². The van der Waals surface area contributed by atoms with Crippen LogP contribution in [0.25, 0.3) is 10.9 Å². The monoisotopic (exact) mass is 263 g/mol. The third kappa shape index (κ3) is 2.52. The maximum Gasteiger partial charge on any atom is 0.344 e. The van der Waals surface area contributed by atoms with Crippen LogP contribution >= 0.6 is 0 Å². The van der Waals surface area contributed by atoms with Crippen LogP contribution in [0.15, 0.2) is 60.7 Å². The number of hydrogen-bond donors (Lipinski definition) is 0. The Bertz CT molecular complexity index is 763. The fraction of sp³-hybridized carbons (Fsp3) is 0.0588. The van der Waals surface area contributed by atoms with Gasteiger partial charge in [0.15, 0.2) is 0 Å². The molecule has 3 aromatic rings. The van der Waals surface area contributed by atoms with Gasteiger partial charge in [-0.05, 0) is 31.2 Å². The number of benzene rings is 2. The van der Waals surface area contributed by atoms with E-state index in [0.717, 1.165) is 16.5 Å². The van der Waals surface area contributed by atoms with Crippen molar-refractivity contribution in [3.63, 3.8) is 0 Å². The van der Waals surface area contributed by atoms with Crippen molar-refractivity contribution in [2.24, 2.45) is 0 Å². The Morgan fingerprint density at radius 3 is 2.50 bits per heavy atom. The van der Waals surface area contributed by atoms with Crippen LogP contribution in [0.2, 0.25) is 0 Å². The molecular weight excluding hydrogens is 250 g/mol. The minimum Gasteiger partial charge on any atom is -0.404 e. The Labute approximate surface area is 116 Å². The van der Waals surface area contributed by atoms with Gasteiger partial charge in [-0.25, -0.2) is 9.78 Å². The van der Waals surface area contributed by atoms with Gasteiger partial charge in [0.2, 0.25) is 5.88 Å². The number of rotatable bonds is 2. The summed E-state index contributed by atoms with van der Waals surface area (Å²) in [6.07, 6.45) is 0. The van der Waals surface area contributed by atoms with E-state index in [2.05, 4.69) is 4.98 Å². The number of aryl methyl sites for hydroxylation is 1. The van der Waals surface area contributed by atoms with Crippen LogP contribution in [0, 0.1) is 6.92 Å². The second-order valence-electron chi connectivity index (χ2n) is 4.60. The fourth-order valence-electron chi connectivity index (χ4n) is 1.95. The quantitative estimate of drug-likeness (QED) is 0.661. The molecule has 2 aromatic carbocycles. The molecule has 0 saturated heterocycles. The van der Waals surface area contributed by atoms with Gasteiger partial charge in [-0.15, -0.1) is 0 Å². The van der Waals surface area contributed by atoms with E-state index >= 15 is 0 Å². The highest BCUT2D eigenvalue weighted by Gasteiger charge is 2.09. The third-order valence-corrected chi connectivity index (χ3v) is 3.06. The molecule has 0 aliphatic carbocycles. The normalized spacial score (nSPS) is 10.4. The van der Waals surface area contributed by atoms with E-state index in [0.29, 0.717) is 11.4 Å². The van der Waals surface area contributed by atoms with Crippen LogP contribution in [0.1, 0.15) is 15.9 Å². The minimum absolute atomic E-state index is 0.314. The van der Waals surface area contributed by atoms with Gasteiger partial charge in [-0.2, -0.15) is 0 Å². The largest absolute Gasteiger partial charge is 0.404 e. The summed E-state index contributed by atoms with van der Waals surface area (Å²) < 4.78 is 5.30. The summed E-state index contributed by atoms with van der Waals surface area (Å²) in [5, 5.41) is 1.02. The van der Waals surface area contributed by atoms with Crippen molar-refractivity contribution in [1.82, 2.24) is 4.98 Å². The Morgan fingerprint density at radius 1 is 0.950 bits per heavy atom. The van der Waals surface area contributed by atoms with Gasteiger partial charge in [-0.1, -0.05) is 35.9 Å². The smallest absolute Gasteiger partial charge is 0.344 e. The fourth-order valence-corrected chi connectivity index (χ4v) is 1.95. The maximum atomic E-state index is 12.0. The van der Waals surface area contributed by atoms with Crippen molar-refractivity contribution in [3.05, 3.63) is 71.8 Å². The van der Waals surface area contributed by atoms with E-state index < -0.39 is 5.97 Å². The highest BCUT2D eigenvalue weighted by Crippen LogP contribution is 2.17. The molecule has 98 valence electrons.